The van der Waals surface area contributed by atoms with E-state index >= 15 is 0 Å². The first-order chi connectivity index (χ1) is 9.17. The second kappa shape index (κ2) is 8.32. The summed E-state index contributed by atoms with van der Waals surface area (Å²) in [5.74, 6) is 0.222. The van der Waals surface area contributed by atoms with Gasteiger partial charge in [-0.25, -0.2) is 0 Å². The van der Waals surface area contributed by atoms with Gasteiger partial charge in [-0.15, -0.1) is 18.2 Å². The second-order valence-corrected chi connectivity index (χ2v) is 4.29. The number of anilines is 1. The number of nitrogens with one attached hydrogen (secondary N) is 2. The molecule has 0 saturated carbocycles. The van der Waals surface area contributed by atoms with Crippen LogP contribution in [0.5, 0.6) is 0 Å². The average Bonchev–Trinajstić information content (AvgIpc) is 2.43. The summed E-state index contributed by atoms with van der Waals surface area (Å²) in [6.45, 7) is 3.95. The summed E-state index contributed by atoms with van der Waals surface area (Å²) in [6.07, 6.45) is 2.66. The highest BCUT2D eigenvalue weighted by Crippen LogP contribution is 2.10. The van der Waals surface area contributed by atoms with Crippen molar-refractivity contribution in [2.75, 3.05) is 17.7 Å². The van der Waals surface area contributed by atoms with Crippen LogP contribution in [0, 0.1) is 0 Å². The second-order valence-electron chi connectivity index (χ2n) is 3.92. The fourth-order valence-electron chi connectivity index (χ4n) is 1.42. The lowest BCUT2D eigenvalue weighted by Gasteiger charge is -2.06. The van der Waals surface area contributed by atoms with Crippen molar-refractivity contribution in [3.05, 3.63) is 42.5 Å². The number of halogens is 1. The predicted octanol–water partition coefficient (Wildman–Crippen LogP) is 2.56. The lowest BCUT2D eigenvalue weighted by Crippen LogP contribution is -2.23. The van der Waals surface area contributed by atoms with E-state index < -0.39 is 0 Å². The number of benzene rings is 1. The van der Waals surface area contributed by atoms with Crippen molar-refractivity contribution in [2.24, 2.45) is 0 Å². The topological polar surface area (TPSA) is 58.2 Å². The normalized spacial score (nSPS) is 9.74. The molecule has 0 aromatic heterocycles. The van der Waals surface area contributed by atoms with E-state index in [4.69, 9.17) is 11.6 Å². The Morgan fingerprint density at radius 3 is 2.53 bits per heavy atom. The van der Waals surface area contributed by atoms with Gasteiger partial charge in [-0.05, 0) is 30.7 Å². The van der Waals surface area contributed by atoms with Crippen LogP contribution in [0.2, 0.25) is 0 Å². The quantitative estimate of drug-likeness (QED) is 0.596. The maximum atomic E-state index is 11.6. The fraction of sp³-hybridized carbons (Fsp3) is 0.286. The largest absolute Gasteiger partial charge is 0.349 e. The Morgan fingerprint density at radius 2 is 1.95 bits per heavy atom. The van der Waals surface area contributed by atoms with Gasteiger partial charge in [-0.2, -0.15) is 0 Å². The minimum Gasteiger partial charge on any atom is -0.349 e. The first-order valence-electron chi connectivity index (χ1n) is 6.02. The van der Waals surface area contributed by atoms with Crippen molar-refractivity contribution in [3.8, 4) is 0 Å². The minimum absolute atomic E-state index is 0.0792. The molecule has 0 aliphatic rings. The lowest BCUT2D eigenvalue weighted by atomic mass is 10.2. The van der Waals surface area contributed by atoms with Crippen LogP contribution < -0.4 is 10.6 Å². The molecule has 1 aromatic rings. The Hall–Kier alpha value is -1.81. The van der Waals surface area contributed by atoms with Crippen LogP contribution >= 0.6 is 11.6 Å². The highest BCUT2D eigenvalue weighted by Gasteiger charge is 2.05. The third-order valence-electron chi connectivity index (χ3n) is 2.38. The van der Waals surface area contributed by atoms with E-state index in [-0.39, 0.29) is 11.8 Å². The highest BCUT2D eigenvalue weighted by molar-refractivity contribution is 6.18. The van der Waals surface area contributed by atoms with Gasteiger partial charge < -0.3 is 10.6 Å². The third-order valence-corrected chi connectivity index (χ3v) is 2.64. The molecule has 2 N–H and O–H groups in total. The average molecular weight is 281 g/mol. The van der Waals surface area contributed by atoms with Gasteiger partial charge in [0.05, 0.1) is 0 Å². The number of carbonyl (C=O) groups is 2. The summed E-state index contributed by atoms with van der Waals surface area (Å²) in [6, 6.07) is 6.72. The van der Waals surface area contributed by atoms with E-state index in [0.717, 1.165) is 0 Å². The van der Waals surface area contributed by atoms with Crippen molar-refractivity contribution in [2.45, 2.75) is 12.8 Å². The van der Waals surface area contributed by atoms with Crippen LogP contribution in [0.25, 0.3) is 0 Å². The SMILES string of the molecule is C=CCNC(=O)c1ccc(NC(=O)CCCCl)cc1. The zero-order valence-corrected chi connectivity index (χ0v) is 11.4. The van der Waals surface area contributed by atoms with Gasteiger partial charge in [-0.1, -0.05) is 6.08 Å². The van der Waals surface area contributed by atoms with Gasteiger partial charge in [0.15, 0.2) is 0 Å². The molecule has 1 rings (SSSR count). The summed E-state index contributed by atoms with van der Waals surface area (Å²) in [5.41, 5.74) is 1.21. The molecule has 2 amide bonds. The number of rotatable bonds is 7. The molecule has 0 atom stereocenters. The Kier molecular flexibility index (Phi) is 6.68. The van der Waals surface area contributed by atoms with Crippen molar-refractivity contribution < 1.29 is 9.59 Å². The van der Waals surface area contributed by atoms with Gasteiger partial charge in [0, 0.05) is 30.1 Å². The molecule has 0 fully saturated rings. The molecule has 102 valence electrons. The summed E-state index contributed by atoms with van der Waals surface area (Å²) in [7, 11) is 0. The van der Waals surface area contributed by atoms with E-state index in [0.29, 0.717) is 36.5 Å². The molecule has 0 saturated heterocycles. The van der Waals surface area contributed by atoms with Crippen molar-refractivity contribution in [1.29, 1.82) is 0 Å². The van der Waals surface area contributed by atoms with Crippen LogP contribution in [-0.4, -0.2) is 24.2 Å². The zero-order chi connectivity index (χ0) is 14.1. The number of carbonyl (C=O) groups excluding carboxylic acids is 2. The van der Waals surface area contributed by atoms with Crippen molar-refractivity contribution in [1.82, 2.24) is 5.32 Å². The molecular weight excluding hydrogens is 264 g/mol. The smallest absolute Gasteiger partial charge is 0.251 e. The standard InChI is InChI=1S/C14H17ClN2O2/c1-2-10-16-14(19)11-5-7-12(8-6-11)17-13(18)4-3-9-15/h2,5-8H,1,3-4,9-10H2,(H,16,19)(H,17,18). The molecule has 0 radical (unpaired) electrons. The number of hydrogen-bond donors (Lipinski definition) is 2. The van der Waals surface area contributed by atoms with E-state index in [9.17, 15) is 9.59 Å². The molecule has 0 aliphatic carbocycles. The Morgan fingerprint density at radius 1 is 1.26 bits per heavy atom. The molecule has 0 aliphatic heterocycles. The first kappa shape index (κ1) is 15.2. The first-order valence-corrected chi connectivity index (χ1v) is 6.56. The molecule has 0 unspecified atom stereocenters. The van der Waals surface area contributed by atoms with Gasteiger partial charge in [0.25, 0.3) is 5.91 Å². The number of hydrogen-bond acceptors (Lipinski definition) is 2. The molecule has 1 aromatic carbocycles. The van der Waals surface area contributed by atoms with Crippen molar-refractivity contribution in [3.63, 3.8) is 0 Å². The van der Waals surface area contributed by atoms with Gasteiger partial charge >= 0.3 is 0 Å². The Balaban J connectivity index is 2.53. The summed E-state index contributed by atoms with van der Waals surface area (Å²) >= 11 is 5.51. The van der Waals surface area contributed by atoms with Gasteiger partial charge in [-0.3, -0.25) is 9.59 Å². The summed E-state index contributed by atoms with van der Waals surface area (Å²) in [4.78, 5) is 23.1. The monoisotopic (exact) mass is 280 g/mol. The zero-order valence-electron chi connectivity index (χ0n) is 10.6. The van der Waals surface area contributed by atoms with E-state index in [1.54, 1.807) is 30.3 Å². The molecule has 4 nitrogen and oxygen atoms in total. The number of amides is 2. The van der Waals surface area contributed by atoms with Crippen LogP contribution in [-0.2, 0) is 4.79 Å². The Labute approximate surface area is 117 Å². The van der Waals surface area contributed by atoms with E-state index in [2.05, 4.69) is 17.2 Å². The fourth-order valence-corrected chi connectivity index (χ4v) is 1.56. The molecular formula is C14H17ClN2O2. The van der Waals surface area contributed by atoms with E-state index in [1.165, 1.54) is 0 Å². The summed E-state index contributed by atoms with van der Waals surface area (Å²) < 4.78 is 0. The summed E-state index contributed by atoms with van der Waals surface area (Å²) in [5, 5.41) is 5.42. The molecule has 19 heavy (non-hydrogen) atoms. The third kappa shape index (κ3) is 5.57. The van der Waals surface area contributed by atoms with Gasteiger partial charge in [0.2, 0.25) is 5.91 Å². The van der Waals surface area contributed by atoms with Crippen molar-refractivity contribution >= 4 is 29.1 Å². The number of alkyl halides is 1. The lowest BCUT2D eigenvalue weighted by molar-refractivity contribution is -0.116. The van der Waals surface area contributed by atoms with Crippen LogP contribution in [0.3, 0.4) is 0 Å². The van der Waals surface area contributed by atoms with Crippen LogP contribution in [0.4, 0.5) is 5.69 Å². The van der Waals surface area contributed by atoms with Gasteiger partial charge in [0.1, 0.15) is 0 Å². The van der Waals surface area contributed by atoms with Crippen LogP contribution in [0.15, 0.2) is 36.9 Å². The highest BCUT2D eigenvalue weighted by atomic mass is 35.5. The van der Waals surface area contributed by atoms with Crippen LogP contribution in [0.1, 0.15) is 23.2 Å². The molecule has 0 spiro atoms. The molecule has 0 bridgehead atoms. The Bertz CT molecular complexity index is 443. The minimum atomic E-state index is -0.167. The predicted molar refractivity (Wildman–Crippen MR) is 77.6 cm³/mol. The molecule has 5 heteroatoms. The maximum absolute atomic E-state index is 11.6. The maximum Gasteiger partial charge on any atom is 0.251 e. The molecule has 0 heterocycles. The van der Waals surface area contributed by atoms with E-state index in [1.807, 2.05) is 0 Å².